The third-order valence-corrected chi connectivity index (χ3v) is 6.75. The summed E-state index contributed by atoms with van der Waals surface area (Å²) in [5.74, 6) is -0.654. The molecular weight excluding hydrogens is 438 g/mol. The van der Waals surface area contributed by atoms with Gasteiger partial charge in [0.2, 0.25) is 10.0 Å². The highest BCUT2D eigenvalue weighted by Gasteiger charge is 2.37. The summed E-state index contributed by atoms with van der Waals surface area (Å²) >= 11 is 0. The van der Waals surface area contributed by atoms with E-state index in [9.17, 15) is 13.2 Å². The van der Waals surface area contributed by atoms with Crippen molar-refractivity contribution in [3.8, 4) is 0 Å². The van der Waals surface area contributed by atoms with Crippen molar-refractivity contribution in [2.45, 2.75) is 37.3 Å². The molecule has 0 amide bonds. The van der Waals surface area contributed by atoms with Gasteiger partial charge >= 0.3 is 5.97 Å². The molecule has 7 nitrogen and oxygen atoms in total. The standard InChI is InChI=1S/C25H27N3O4S/c1-25(2,3)32-24(29)23-22(18-10-6-7-13-19(18)26-23)27-33(30,31)21-15-9-11-16-17(21)12-8-14-20(16)28(4)5/h6-15,22,27H,1-5H3. The number of carbonyl (C=O) groups is 1. The van der Waals surface area contributed by atoms with Gasteiger partial charge in [0, 0.05) is 36.1 Å². The van der Waals surface area contributed by atoms with Gasteiger partial charge in [0.25, 0.3) is 0 Å². The second kappa shape index (κ2) is 8.28. The molecule has 0 radical (unpaired) electrons. The highest BCUT2D eigenvalue weighted by atomic mass is 32.2. The number of benzene rings is 3. The number of aliphatic imine (C=N–C) groups is 1. The van der Waals surface area contributed by atoms with Crippen LogP contribution >= 0.6 is 0 Å². The monoisotopic (exact) mass is 465 g/mol. The maximum Gasteiger partial charge on any atom is 0.355 e. The van der Waals surface area contributed by atoms with Crippen LogP contribution < -0.4 is 9.62 Å². The summed E-state index contributed by atoms with van der Waals surface area (Å²) in [6.45, 7) is 5.27. The average molecular weight is 466 g/mol. The quantitative estimate of drug-likeness (QED) is 0.566. The largest absolute Gasteiger partial charge is 0.455 e. The Morgan fingerprint density at radius 3 is 2.33 bits per heavy atom. The van der Waals surface area contributed by atoms with Crippen LogP contribution in [0.1, 0.15) is 32.4 Å². The molecule has 8 heteroatoms. The van der Waals surface area contributed by atoms with Crippen LogP contribution in [0.3, 0.4) is 0 Å². The van der Waals surface area contributed by atoms with E-state index in [1.165, 1.54) is 0 Å². The van der Waals surface area contributed by atoms with Gasteiger partial charge in [-0.3, -0.25) is 0 Å². The Labute approximate surface area is 194 Å². The zero-order chi connectivity index (χ0) is 24.0. The molecule has 1 aliphatic heterocycles. The van der Waals surface area contributed by atoms with Gasteiger partial charge < -0.3 is 9.64 Å². The van der Waals surface area contributed by atoms with Crippen molar-refractivity contribution < 1.29 is 17.9 Å². The van der Waals surface area contributed by atoms with Crippen LogP contribution in [0.4, 0.5) is 11.4 Å². The highest BCUT2D eigenvalue weighted by molar-refractivity contribution is 7.89. The average Bonchev–Trinajstić information content (AvgIpc) is 3.09. The molecule has 0 saturated heterocycles. The molecule has 0 bridgehead atoms. The van der Waals surface area contributed by atoms with Crippen LogP contribution in [0.2, 0.25) is 0 Å². The van der Waals surface area contributed by atoms with E-state index in [4.69, 9.17) is 4.74 Å². The van der Waals surface area contributed by atoms with Gasteiger partial charge in [-0.25, -0.2) is 18.2 Å². The minimum atomic E-state index is -4.02. The Balaban J connectivity index is 1.78. The van der Waals surface area contributed by atoms with E-state index < -0.39 is 27.6 Å². The second-order valence-corrected chi connectivity index (χ2v) is 10.8. The van der Waals surface area contributed by atoms with Gasteiger partial charge in [0.15, 0.2) is 0 Å². The van der Waals surface area contributed by atoms with E-state index in [0.717, 1.165) is 11.1 Å². The number of hydrogen-bond donors (Lipinski definition) is 1. The van der Waals surface area contributed by atoms with Crippen molar-refractivity contribution >= 4 is 43.9 Å². The number of rotatable bonds is 5. The van der Waals surface area contributed by atoms with E-state index >= 15 is 0 Å². The lowest BCUT2D eigenvalue weighted by Crippen LogP contribution is -2.38. The van der Waals surface area contributed by atoms with Crippen LogP contribution in [0.15, 0.2) is 70.6 Å². The fourth-order valence-electron chi connectivity index (χ4n) is 3.90. The van der Waals surface area contributed by atoms with Crippen molar-refractivity contribution in [1.82, 2.24) is 4.72 Å². The summed E-state index contributed by atoms with van der Waals surface area (Å²) in [5.41, 5.74) is 1.33. The maximum absolute atomic E-state index is 13.6. The van der Waals surface area contributed by atoms with Crippen LogP contribution in [0, 0.1) is 0 Å². The number of anilines is 1. The molecule has 0 fully saturated rings. The summed E-state index contributed by atoms with van der Waals surface area (Å²) in [4.78, 5) is 19.4. The molecule has 3 aromatic rings. The van der Waals surface area contributed by atoms with Crippen LogP contribution in [0.25, 0.3) is 10.8 Å². The fraction of sp³-hybridized carbons (Fsp3) is 0.280. The summed E-state index contributed by atoms with van der Waals surface area (Å²) in [6.07, 6.45) is 0. The highest BCUT2D eigenvalue weighted by Crippen LogP contribution is 2.37. The minimum Gasteiger partial charge on any atom is -0.455 e. The number of carbonyl (C=O) groups excluding carboxylic acids is 1. The Kier molecular flexibility index (Phi) is 5.76. The van der Waals surface area contributed by atoms with E-state index in [1.807, 2.05) is 37.2 Å². The normalized spacial score (nSPS) is 15.8. The lowest BCUT2D eigenvalue weighted by molar-refractivity contribution is -0.146. The zero-order valence-corrected chi connectivity index (χ0v) is 20.1. The van der Waals surface area contributed by atoms with E-state index in [0.29, 0.717) is 16.6 Å². The summed E-state index contributed by atoms with van der Waals surface area (Å²) in [5, 5.41) is 1.41. The minimum absolute atomic E-state index is 0.0175. The van der Waals surface area contributed by atoms with Gasteiger partial charge in [0.1, 0.15) is 11.3 Å². The topological polar surface area (TPSA) is 88.1 Å². The van der Waals surface area contributed by atoms with E-state index in [-0.39, 0.29) is 10.6 Å². The van der Waals surface area contributed by atoms with Crippen molar-refractivity contribution in [2.24, 2.45) is 4.99 Å². The first-order valence-electron chi connectivity index (χ1n) is 10.6. The molecule has 0 spiro atoms. The molecule has 1 unspecified atom stereocenters. The molecular formula is C25H27N3O4S. The number of esters is 1. The Hall–Kier alpha value is -3.23. The first-order valence-corrected chi connectivity index (χ1v) is 12.1. The van der Waals surface area contributed by atoms with Gasteiger partial charge in [-0.1, -0.05) is 42.5 Å². The van der Waals surface area contributed by atoms with Crippen LogP contribution in [-0.2, 0) is 19.6 Å². The molecule has 4 rings (SSSR count). The number of para-hydroxylation sites is 1. The predicted molar refractivity (Wildman–Crippen MR) is 131 cm³/mol. The van der Waals surface area contributed by atoms with Gasteiger partial charge in [-0.15, -0.1) is 0 Å². The molecule has 3 aromatic carbocycles. The van der Waals surface area contributed by atoms with Crippen molar-refractivity contribution in [3.63, 3.8) is 0 Å². The smallest absolute Gasteiger partial charge is 0.355 e. The van der Waals surface area contributed by atoms with Crippen molar-refractivity contribution in [2.75, 3.05) is 19.0 Å². The zero-order valence-electron chi connectivity index (χ0n) is 19.3. The molecule has 1 aliphatic rings. The van der Waals surface area contributed by atoms with Gasteiger partial charge in [-0.05, 0) is 39.0 Å². The Morgan fingerprint density at radius 2 is 1.64 bits per heavy atom. The molecule has 172 valence electrons. The first kappa shape index (κ1) is 22.9. The van der Waals surface area contributed by atoms with Gasteiger partial charge in [0.05, 0.1) is 16.6 Å². The third kappa shape index (κ3) is 4.49. The Morgan fingerprint density at radius 1 is 0.970 bits per heavy atom. The summed E-state index contributed by atoms with van der Waals surface area (Å²) < 4.78 is 35.4. The van der Waals surface area contributed by atoms with E-state index in [1.54, 1.807) is 63.2 Å². The van der Waals surface area contributed by atoms with E-state index in [2.05, 4.69) is 9.71 Å². The number of nitrogens with zero attached hydrogens (tertiary/aromatic N) is 2. The van der Waals surface area contributed by atoms with Gasteiger partial charge in [-0.2, -0.15) is 4.72 Å². The molecule has 0 saturated carbocycles. The fourth-order valence-corrected chi connectivity index (χ4v) is 5.30. The van der Waals surface area contributed by atoms with Crippen molar-refractivity contribution in [3.05, 3.63) is 66.2 Å². The lowest BCUT2D eigenvalue weighted by atomic mass is 10.0. The first-order chi connectivity index (χ1) is 15.5. The molecule has 0 aliphatic carbocycles. The molecule has 1 N–H and O–H groups in total. The summed E-state index contributed by atoms with van der Waals surface area (Å²) in [6, 6.07) is 16.9. The SMILES string of the molecule is CN(C)c1cccc2c(S(=O)(=O)NC3C(C(=O)OC(C)(C)C)=Nc4ccccc43)cccc12. The maximum atomic E-state index is 13.6. The molecule has 0 aromatic heterocycles. The third-order valence-electron chi connectivity index (χ3n) is 5.27. The number of fused-ring (bicyclic) bond motifs is 2. The Bertz CT molecular complexity index is 1370. The van der Waals surface area contributed by atoms with Crippen molar-refractivity contribution in [1.29, 1.82) is 0 Å². The number of ether oxygens (including phenoxy) is 1. The predicted octanol–water partition coefficient (Wildman–Crippen LogP) is 4.35. The number of nitrogens with one attached hydrogen (secondary N) is 1. The number of hydrogen-bond acceptors (Lipinski definition) is 6. The molecule has 1 atom stereocenters. The summed E-state index contributed by atoms with van der Waals surface area (Å²) in [7, 11) is -0.203. The van der Waals surface area contributed by atoms with Crippen LogP contribution in [-0.4, -0.2) is 39.8 Å². The molecule has 1 heterocycles. The lowest BCUT2D eigenvalue weighted by Gasteiger charge is -2.22. The second-order valence-electron chi connectivity index (χ2n) is 9.13. The number of sulfonamides is 1. The van der Waals surface area contributed by atoms with Crippen LogP contribution in [0.5, 0.6) is 0 Å². The molecule has 33 heavy (non-hydrogen) atoms.